The monoisotopic (exact) mass is 1040 g/mol. The van der Waals surface area contributed by atoms with Gasteiger partial charge in [0.05, 0.1) is 0 Å². The Morgan fingerprint density at radius 3 is 1.08 bits per heavy atom. The third kappa shape index (κ3) is 15.6. The minimum absolute atomic E-state index is 0.187. The van der Waals surface area contributed by atoms with Crippen LogP contribution in [0.5, 0.6) is 80.5 Å². The third-order valence-corrected chi connectivity index (χ3v) is 10.2. The number of hydrogen-bond acceptors (Lipinski definition) is 17. The van der Waals surface area contributed by atoms with Crippen molar-refractivity contribution >= 4 is 30.0 Å². The molecule has 0 atom stereocenters. The molecule has 9 rings (SSSR count). The van der Waals surface area contributed by atoms with Gasteiger partial charge >= 0.3 is 23.9 Å². The summed E-state index contributed by atoms with van der Waals surface area (Å²) in [4.78, 5) is 46.8. The Bertz CT molecular complexity index is 3130. The average Bonchev–Trinajstić information content (AvgIpc) is 3.99. The van der Waals surface area contributed by atoms with E-state index in [1.54, 1.807) is 143 Å². The molecule has 6 aromatic carbocycles. The molecular formula is C59H56O17. The molecule has 394 valence electrons. The van der Waals surface area contributed by atoms with E-state index in [4.69, 9.17) is 61.6 Å². The first-order chi connectivity index (χ1) is 36.0. The highest BCUT2D eigenvalue weighted by Crippen LogP contribution is 2.44. The summed E-state index contributed by atoms with van der Waals surface area (Å²) in [5.74, 6) is 3.18. The summed E-state index contributed by atoms with van der Waals surface area (Å²) in [7, 11) is 0. The lowest BCUT2D eigenvalue weighted by molar-refractivity contribution is -0.137. The molecule has 3 aliphatic heterocycles. The molecule has 76 heavy (non-hydrogen) atoms. The van der Waals surface area contributed by atoms with E-state index in [-0.39, 0.29) is 13.2 Å². The van der Waals surface area contributed by atoms with E-state index < -0.39 is 41.2 Å². The van der Waals surface area contributed by atoms with E-state index in [1.807, 2.05) is 45.9 Å². The average molecular weight is 1040 g/mol. The van der Waals surface area contributed by atoms with Crippen LogP contribution in [-0.4, -0.2) is 54.5 Å². The summed E-state index contributed by atoms with van der Waals surface area (Å²) in [5, 5.41) is 0. The van der Waals surface area contributed by atoms with E-state index in [0.29, 0.717) is 91.6 Å². The van der Waals surface area contributed by atoms with Crippen molar-refractivity contribution in [2.75, 3.05) is 13.2 Å². The van der Waals surface area contributed by atoms with E-state index >= 15 is 0 Å². The second-order valence-electron chi connectivity index (χ2n) is 18.3. The minimum Gasteiger partial charge on any atom is -0.482 e. The molecule has 0 saturated carbocycles. The molecule has 0 aliphatic carbocycles. The smallest absolute Gasteiger partial charge is 0.349 e. The van der Waals surface area contributed by atoms with Crippen molar-refractivity contribution in [2.45, 2.75) is 72.8 Å². The Morgan fingerprint density at radius 2 is 0.711 bits per heavy atom. The molecule has 0 radical (unpaired) electrons. The van der Waals surface area contributed by atoms with E-state index in [2.05, 4.69) is 19.7 Å². The summed E-state index contributed by atoms with van der Waals surface area (Å²) in [6.07, 6.45) is 1.74. The Balaban J connectivity index is 0.000000167. The Morgan fingerprint density at radius 1 is 0.408 bits per heavy atom. The molecule has 0 aromatic heterocycles. The maximum atomic E-state index is 12.0. The van der Waals surface area contributed by atoms with Crippen molar-refractivity contribution in [2.24, 2.45) is 0 Å². The van der Waals surface area contributed by atoms with Crippen LogP contribution in [0.4, 0.5) is 0 Å². The summed E-state index contributed by atoms with van der Waals surface area (Å²) in [6.45, 7) is 24.3. The fourth-order valence-electron chi connectivity index (χ4n) is 6.81. The predicted molar refractivity (Wildman–Crippen MR) is 278 cm³/mol. The van der Waals surface area contributed by atoms with Crippen LogP contribution in [0.3, 0.4) is 0 Å². The lowest BCUT2D eigenvalue weighted by atomic mass is 10.2. The Hall–Kier alpha value is -9.38. The van der Waals surface area contributed by atoms with Gasteiger partial charge in [-0.15, -0.1) is 0 Å². The lowest BCUT2D eigenvalue weighted by Gasteiger charge is -2.16. The topological polar surface area (TPSA) is 188 Å². The molecule has 0 bridgehead atoms. The molecule has 17 nitrogen and oxygen atoms in total. The fraction of sp³-hybridized carbons (Fsp3) is 0.220. The predicted octanol–water partition coefficient (Wildman–Crippen LogP) is 11.9. The van der Waals surface area contributed by atoms with Crippen LogP contribution in [0, 0.1) is 0 Å². The molecule has 6 aromatic rings. The molecule has 3 heterocycles. The van der Waals surface area contributed by atoms with Gasteiger partial charge in [0.25, 0.3) is 0 Å². The number of fused-ring (bicyclic) bond motifs is 3. The normalized spacial score (nSPS) is 13.9. The van der Waals surface area contributed by atoms with Crippen molar-refractivity contribution in [3.8, 4) is 80.5 Å². The van der Waals surface area contributed by atoms with Gasteiger partial charge < -0.3 is 61.6 Å². The van der Waals surface area contributed by atoms with Crippen molar-refractivity contribution < 1.29 is 80.8 Å². The van der Waals surface area contributed by atoms with Gasteiger partial charge in [-0.3, -0.25) is 0 Å². The van der Waals surface area contributed by atoms with E-state index in [1.165, 1.54) is 0 Å². The largest absolute Gasteiger partial charge is 0.482 e. The second kappa shape index (κ2) is 23.2. The first-order valence-electron chi connectivity index (χ1n) is 23.6. The lowest BCUT2D eigenvalue weighted by Crippen LogP contribution is -2.29. The van der Waals surface area contributed by atoms with Gasteiger partial charge in [-0.2, -0.15) is 0 Å². The molecule has 3 aliphatic rings. The van der Waals surface area contributed by atoms with Crippen LogP contribution in [-0.2, 0) is 19.2 Å². The number of carbonyl (C=O) groups is 4. The molecule has 0 unspecified atom stereocenters. The van der Waals surface area contributed by atoms with Crippen molar-refractivity contribution in [1.29, 1.82) is 0 Å². The molecule has 0 N–H and O–H groups in total. The number of ether oxygens (including phenoxy) is 13. The van der Waals surface area contributed by atoms with Crippen molar-refractivity contribution in [1.82, 2.24) is 0 Å². The van der Waals surface area contributed by atoms with Gasteiger partial charge in [0, 0.05) is 70.9 Å². The van der Waals surface area contributed by atoms with E-state index in [0.717, 1.165) is 5.56 Å². The van der Waals surface area contributed by atoms with Crippen molar-refractivity contribution in [3.05, 3.63) is 164 Å². The SMILES string of the molecule is C=C(C)C(=O)Oc1ccc(OCC(=O)Oc2ccc3c(c2)OC(C)(C)O3)cc1.C=C(C)C(=O)Oc1ccc(Oc2ccc3c(c2)OC(C)(C)O3)cc1.C=Cc1ccc(OCC(=O)Oc2ccc3c(c2)OC(C)(C)O3)cc1. The van der Waals surface area contributed by atoms with E-state index in [9.17, 15) is 19.2 Å². The number of esters is 4. The first kappa shape index (κ1) is 54.4. The number of benzene rings is 6. The molecule has 0 amide bonds. The molecular weight excluding hydrogens is 981 g/mol. The zero-order valence-electron chi connectivity index (χ0n) is 43.2. The maximum Gasteiger partial charge on any atom is 0.349 e. The van der Waals surface area contributed by atoms with Crippen LogP contribution < -0.4 is 61.6 Å². The summed E-state index contributed by atoms with van der Waals surface area (Å²) >= 11 is 0. The number of hydrogen-bond donors (Lipinski definition) is 0. The van der Waals surface area contributed by atoms with Gasteiger partial charge in [0.2, 0.25) is 17.4 Å². The number of rotatable bonds is 15. The fourth-order valence-corrected chi connectivity index (χ4v) is 6.81. The van der Waals surface area contributed by atoms with Crippen LogP contribution in [0.1, 0.15) is 61.0 Å². The summed E-state index contributed by atoms with van der Waals surface area (Å²) in [6, 6.07) is 35.5. The summed E-state index contributed by atoms with van der Waals surface area (Å²) in [5.41, 5.74) is 1.63. The molecule has 0 spiro atoms. The highest BCUT2D eigenvalue weighted by Gasteiger charge is 2.34. The van der Waals surface area contributed by atoms with Gasteiger partial charge in [-0.05, 0) is 116 Å². The van der Waals surface area contributed by atoms with Crippen LogP contribution >= 0.6 is 0 Å². The standard InChI is InChI=1S/C21H20O7.2C19H18O5/c1-13(2)20(23)26-15-7-5-14(6-8-15)24-12-19(22)25-16-9-10-17-18(11-16)28-21(3,4)27-17;1-12(2)18(20)22-14-7-5-13(6-8-14)21-15-9-10-16-17(11-15)24-19(3,4)23-16;1-4-13-5-7-14(8-6-13)21-12-18(20)22-15-9-10-16-17(11-15)24-19(2,3)23-16/h5-11H,1,12H2,2-4H3;5-11H,1H2,2-4H3;4-11H,1,12H2,2-3H3. The zero-order chi connectivity index (χ0) is 54.8. The quantitative estimate of drug-likeness (QED) is 0.0536. The Labute approximate surface area is 439 Å². The molecule has 0 fully saturated rings. The maximum absolute atomic E-state index is 12.0. The highest BCUT2D eigenvalue weighted by atomic mass is 16.7. The minimum atomic E-state index is -0.751. The molecule has 0 saturated heterocycles. The van der Waals surface area contributed by atoms with Gasteiger partial charge in [0.15, 0.2) is 47.7 Å². The zero-order valence-corrected chi connectivity index (χ0v) is 43.2. The summed E-state index contributed by atoms with van der Waals surface area (Å²) < 4.78 is 71.0. The second-order valence-corrected chi connectivity index (χ2v) is 18.3. The molecule has 17 heteroatoms. The highest BCUT2D eigenvalue weighted by molar-refractivity contribution is 5.89. The Kier molecular flexibility index (Phi) is 16.6. The van der Waals surface area contributed by atoms with Crippen LogP contribution in [0.2, 0.25) is 0 Å². The van der Waals surface area contributed by atoms with Gasteiger partial charge in [-0.1, -0.05) is 37.9 Å². The number of carbonyl (C=O) groups excluding carboxylic acids is 4. The third-order valence-electron chi connectivity index (χ3n) is 10.2. The van der Waals surface area contributed by atoms with Crippen LogP contribution in [0.15, 0.2) is 158 Å². The van der Waals surface area contributed by atoms with Crippen molar-refractivity contribution in [3.63, 3.8) is 0 Å². The van der Waals surface area contributed by atoms with Crippen LogP contribution in [0.25, 0.3) is 6.08 Å². The van der Waals surface area contributed by atoms with Gasteiger partial charge in [0.1, 0.15) is 46.0 Å². The van der Waals surface area contributed by atoms with Gasteiger partial charge in [-0.25, -0.2) is 19.2 Å². The first-order valence-corrected chi connectivity index (χ1v) is 23.6.